The molecular formula is C23H28N4O3. The van der Waals surface area contributed by atoms with Crippen LogP contribution in [0.5, 0.6) is 11.5 Å². The Morgan fingerprint density at radius 3 is 2.73 bits per heavy atom. The quantitative estimate of drug-likeness (QED) is 0.714. The molecular weight excluding hydrogens is 380 g/mol. The summed E-state index contributed by atoms with van der Waals surface area (Å²) in [6, 6.07) is 9.81. The van der Waals surface area contributed by atoms with E-state index >= 15 is 0 Å². The molecule has 0 spiro atoms. The highest BCUT2D eigenvalue weighted by atomic mass is 16.5. The third kappa shape index (κ3) is 5.43. The number of nitrogens with one attached hydrogen (secondary N) is 1. The normalized spacial score (nSPS) is 15.2. The van der Waals surface area contributed by atoms with Crippen molar-refractivity contribution >= 4 is 6.03 Å². The Hall–Kier alpha value is -3.24. The van der Waals surface area contributed by atoms with Crippen molar-refractivity contribution in [3.63, 3.8) is 0 Å². The highest BCUT2D eigenvalue weighted by molar-refractivity contribution is 5.74. The highest BCUT2D eigenvalue weighted by Crippen LogP contribution is 2.28. The first-order valence-corrected chi connectivity index (χ1v) is 10.0. The molecule has 1 unspecified atom stereocenters. The van der Waals surface area contributed by atoms with Crippen molar-refractivity contribution in [2.75, 3.05) is 39.9 Å². The molecule has 2 heterocycles. The minimum Gasteiger partial charge on any atom is -0.493 e. The van der Waals surface area contributed by atoms with E-state index in [9.17, 15) is 4.79 Å². The lowest BCUT2D eigenvalue weighted by Crippen LogP contribution is -2.52. The Balaban J connectivity index is 1.50. The minimum absolute atomic E-state index is 0.0643. The van der Waals surface area contributed by atoms with Crippen LogP contribution in [0, 0.1) is 12.3 Å². The van der Waals surface area contributed by atoms with Crippen LogP contribution < -0.4 is 14.8 Å². The molecule has 1 aromatic carbocycles. The van der Waals surface area contributed by atoms with Gasteiger partial charge in [-0.05, 0) is 36.2 Å². The molecule has 1 saturated heterocycles. The number of amides is 2. The molecule has 1 N–H and O–H groups in total. The molecule has 7 heteroatoms. The second-order valence-electron chi connectivity index (χ2n) is 7.12. The number of piperazine rings is 1. The van der Waals surface area contributed by atoms with E-state index in [0.29, 0.717) is 31.1 Å². The SMILES string of the molecule is C#CCOc1cc(CNC(=O)N2CCN(C(C)c3cccnc3)CC2)ccc1OC. The van der Waals surface area contributed by atoms with Gasteiger partial charge in [-0.25, -0.2) is 4.79 Å². The van der Waals surface area contributed by atoms with Crippen molar-refractivity contribution in [3.05, 3.63) is 53.9 Å². The number of pyridine rings is 1. The second kappa shape index (κ2) is 10.5. The fraction of sp³-hybridized carbons (Fsp3) is 0.391. The van der Waals surface area contributed by atoms with Crippen LogP contribution in [0.15, 0.2) is 42.7 Å². The van der Waals surface area contributed by atoms with Gasteiger partial charge in [-0.15, -0.1) is 6.42 Å². The molecule has 7 nitrogen and oxygen atoms in total. The predicted molar refractivity (Wildman–Crippen MR) is 115 cm³/mol. The molecule has 30 heavy (non-hydrogen) atoms. The molecule has 1 aliphatic rings. The van der Waals surface area contributed by atoms with Crippen LogP contribution in [0.2, 0.25) is 0 Å². The first-order chi connectivity index (χ1) is 14.6. The fourth-order valence-corrected chi connectivity index (χ4v) is 3.50. The van der Waals surface area contributed by atoms with Crippen LogP contribution in [-0.4, -0.2) is 60.7 Å². The zero-order chi connectivity index (χ0) is 21.3. The number of nitrogens with zero attached hydrogens (tertiary/aromatic N) is 3. The van der Waals surface area contributed by atoms with Crippen LogP contribution in [0.25, 0.3) is 0 Å². The number of hydrogen-bond acceptors (Lipinski definition) is 5. The predicted octanol–water partition coefficient (Wildman–Crippen LogP) is 2.69. The van der Waals surface area contributed by atoms with Gasteiger partial charge in [-0.3, -0.25) is 9.88 Å². The molecule has 0 aliphatic carbocycles. The summed E-state index contributed by atoms with van der Waals surface area (Å²) in [4.78, 5) is 21.0. The van der Waals surface area contributed by atoms with Gasteiger partial charge >= 0.3 is 6.03 Å². The lowest BCUT2D eigenvalue weighted by molar-refractivity contribution is 0.113. The van der Waals surface area contributed by atoms with Gasteiger partial charge in [0.25, 0.3) is 0 Å². The molecule has 0 saturated carbocycles. The maximum absolute atomic E-state index is 12.6. The van der Waals surface area contributed by atoms with Gasteiger partial charge in [0.2, 0.25) is 0 Å². The number of aromatic nitrogens is 1. The summed E-state index contributed by atoms with van der Waals surface area (Å²) in [6.45, 7) is 5.78. The number of hydrogen-bond donors (Lipinski definition) is 1. The van der Waals surface area contributed by atoms with Crippen molar-refractivity contribution in [1.29, 1.82) is 0 Å². The number of carbonyl (C=O) groups excluding carboxylic acids is 1. The molecule has 3 rings (SSSR count). The van der Waals surface area contributed by atoms with E-state index in [1.807, 2.05) is 35.4 Å². The molecule has 1 aromatic heterocycles. The van der Waals surface area contributed by atoms with E-state index in [1.54, 1.807) is 13.3 Å². The number of ether oxygens (including phenoxy) is 2. The molecule has 158 valence electrons. The molecule has 1 fully saturated rings. The van der Waals surface area contributed by atoms with Crippen molar-refractivity contribution in [2.24, 2.45) is 0 Å². The number of rotatable bonds is 7. The van der Waals surface area contributed by atoms with Crippen molar-refractivity contribution < 1.29 is 14.3 Å². The Morgan fingerprint density at radius 1 is 1.27 bits per heavy atom. The number of carbonyl (C=O) groups is 1. The lowest BCUT2D eigenvalue weighted by atomic mass is 10.1. The van der Waals surface area contributed by atoms with Gasteiger partial charge in [0.15, 0.2) is 11.5 Å². The van der Waals surface area contributed by atoms with Crippen molar-refractivity contribution in [3.8, 4) is 23.8 Å². The minimum atomic E-state index is -0.0643. The summed E-state index contributed by atoms with van der Waals surface area (Å²) in [6.07, 6.45) is 8.95. The largest absolute Gasteiger partial charge is 0.493 e. The summed E-state index contributed by atoms with van der Waals surface area (Å²) < 4.78 is 10.8. The van der Waals surface area contributed by atoms with Crippen LogP contribution in [0.3, 0.4) is 0 Å². The summed E-state index contributed by atoms with van der Waals surface area (Å²) in [5.74, 6) is 3.62. The Kier molecular flexibility index (Phi) is 7.52. The fourth-order valence-electron chi connectivity index (χ4n) is 3.50. The third-order valence-corrected chi connectivity index (χ3v) is 5.30. The summed E-state index contributed by atoms with van der Waals surface area (Å²) in [5, 5.41) is 2.99. The van der Waals surface area contributed by atoms with Gasteiger partial charge < -0.3 is 19.7 Å². The maximum Gasteiger partial charge on any atom is 0.317 e. The lowest BCUT2D eigenvalue weighted by Gasteiger charge is -2.38. The average Bonchev–Trinajstić information content (AvgIpc) is 2.81. The van der Waals surface area contributed by atoms with E-state index in [0.717, 1.165) is 18.7 Å². The van der Waals surface area contributed by atoms with Gasteiger partial charge in [-0.2, -0.15) is 0 Å². The van der Waals surface area contributed by atoms with Crippen LogP contribution in [0.1, 0.15) is 24.1 Å². The molecule has 1 aliphatic heterocycles. The first kappa shape index (κ1) is 21.5. The molecule has 1 atom stereocenters. The number of methoxy groups -OCH3 is 1. The zero-order valence-corrected chi connectivity index (χ0v) is 17.5. The van der Waals surface area contributed by atoms with E-state index in [4.69, 9.17) is 15.9 Å². The van der Waals surface area contributed by atoms with E-state index in [-0.39, 0.29) is 18.7 Å². The molecule has 2 aromatic rings. The van der Waals surface area contributed by atoms with Gasteiger partial charge in [0.1, 0.15) is 6.61 Å². The first-order valence-electron chi connectivity index (χ1n) is 10.0. The Labute approximate surface area is 178 Å². The van der Waals surface area contributed by atoms with Crippen molar-refractivity contribution in [1.82, 2.24) is 20.1 Å². The van der Waals surface area contributed by atoms with E-state index < -0.39 is 0 Å². The smallest absolute Gasteiger partial charge is 0.317 e. The van der Waals surface area contributed by atoms with Crippen LogP contribution >= 0.6 is 0 Å². The molecule has 0 radical (unpaired) electrons. The summed E-state index contributed by atoms with van der Waals surface area (Å²) in [5.41, 5.74) is 2.11. The summed E-state index contributed by atoms with van der Waals surface area (Å²) in [7, 11) is 1.58. The molecule has 0 bridgehead atoms. The maximum atomic E-state index is 12.6. The van der Waals surface area contributed by atoms with Crippen LogP contribution in [0.4, 0.5) is 4.79 Å². The van der Waals surface area contributed by atoms with Gasteiger partial charge in [0, 0.05) is 51.2 Å². The number of terminal acetylenes is 1. The van der Waals surface area contributed by atoms with E-state index in [1.165, 1.54) is 5.56 Å². The van der Waals surface area contributed by atoms with Crippen LogP contribution in [-0.2, 0) is 6.54 Å². The number of urea groups is 1. The number of benzene rings is 1. The van der Waals surface area contributed by atoms with Gasteiger partial charge in [-0.1, -0.05) is 18.1 Å². The summed E-state index contributed by atoms with van der Waals surface area (Å²) >= 11 is 0. The second-order valence-corrected chi connectivity index (χ2v) is 7.12. The van der Waals surface area contributed by atoms with E-state index in [2.05, 4.69) is 34.1 Å². The Morgan fingerprint density at radius 2 is 2.07 bits per heavy atom. The monoisotopic (exact) mass is 408 g/mol. The molecule has 2 amide bonds. The zero-order valence-electron chi connectivity index (χ0n) is 17.5. The third-order valence-electron chi connectivity index (χ3n) is 5.30. The highest BCUT2D eigenvalue weighted by Gasteiger charge is 2.24. The van der Waals surface area contributed by atoms with Crippen molar-refractivity contribution in [2.45, 2.75) is 19.5 Å². The average molecular weight is 409 g/mol. The standard InChI is InChI=1S/C23H28N4O3/c1-4-14-30-22-15-19(7-8-21(22)29-3)16-25-23(28)27-12-10-26(11-13-27)18(2)20-6-5-9-24-17-20/h1,5-9,15,17-18H,10-14,16H2,2-3H3,(H,25,28). The topological polar surface area (TPSA) is 66.9 Å². The van der Waals surface area contributed by atoms with Gasteiger partial charge in [0.05, 0.1) is 7.11 Å². The Bertz CT molecular complexity index is 874.